The van der Waals surface area contributed by atoms with Gasteiger partial charge in [0.15, 0.2) is 11.0 Å². The Morgan fingerprint density at radius 1 is 1.29 bits per heavy atom. The van der Waals surface area contributed by atoms with Crippen LogP contribution in [0.4, 0.5) is 5.69 Å². The fourth-order valence-corrected chi connectivity index (χ4v) is 2.36. The lowest BCUT2D eigenvalue weighted by Crippen LogP contribution is -2.05. The van der Waals surface area contributed by atoms with Gasteiger partial charge in [-0.2, -0.15) is 0 Å². The second-order valence-electron chi connectivity index (χ2n) is 4.31. The van der Waals surface area contributed by atoms with Crippen LogP contribution < -0.4 is 5.32 Å². The number of carbonyl (C=O) groups excluding carboxylic acids is 1. The molecule has 0 fully saturated rings. The maximum absolute atomic E-state index is 11.0. The number of aromatic nitrogens is 3. The number of carboxylic acids is 1. The van der Waals surface area contributed by atoms with Gasteiger partial charge < -0.3 is 15.0 Å². The SMILES string of the molecule is CC(=O)Nc1ccc(-c2nnc(SCC(=O)O)n2C)cc1. The molecular formula is C13H14N4O3S. The summed E-state index contributed by atoms with van der Waals surface area (Å²) in [4.78, 5) is 21.5. The van der Waals surface area contributed by atoms with Crippen LogP contribution in [0.3, 0.4) is 0 Å². The highest BCUT2D eigenvalue weighted by Crippen LogP contribution is 2.23. The third-order valence-electron chi connectivity index (χ3n) is 2.62. The second-order valence-corrected chi connectivity index (χ2v) is 5.25. The summed E-state index contributed by atoms with van der Waals surface area (Å²) in [6, 6.07) is 7.19. The first-order valence-corrected chi connectivity index (χ1v) is 7.08. The molecule has 1 aromatic carbocycles. The summed E-state index contributed by atoms with van der Waals surface area (Å²) in [6.07, 6.45) is 0. The molecule has 0 aliphatic carbocycles. The van der Waals surface area contributed by atoms with E-state index in [4.69, 9.17) is 5.11 Å². The molecule has 0 radical (unpaired) electrons. The van der Waals surface area contributed by atoms with E-state index in [9.17, 15) is 9.59 Å². The molecule has 0 bridgehead atoms. The van der Waals surface area contributed by atoms with Gasteiger partial charge in [0.1, 0.15) is 0 Å². The van der Waals surface area contributed by atoms with Crippen LogP contribution in [-0.2, 0) is 16.6 Å². The van der Waals surface area contributed by atoms with Crippen molar-refractivity contribution in [1.82, 2.24) is 14.8 Å². The van der Waals surface area contributed by atoms with E-state index in [1.54, 1.807) is 23.7 Å². The van der Waals surface area contributed by atoms with E-state index in [1.165, 1.54) is 6.92 Å². The second kappa shape index (κ2) is 6.40. The van der Waals surface area contributed by atoms with Crippen LogP contribution in [0.15, 0.2) is 29.4 Å². The van der Waals surface area contributed by atoms with Gasteiger partial charge in [-0.1, -0.05) is 11.8 Å². The molecule has 2 aromatic rings. The largest absolute Gasteiger partial charge is 0.481 e. The van der Waals surface area contributed by atoms with Gasteiger partial charge in [0.25, 0.3) is 0 Å². The standard InChI is InChI=1S/C13H14N4O3S/c1-8(18)14-10-5-3-9(4-6-10)12-15-16-13(17(12)2)21-7-11(19)20/h3-6H,7H2,1-2H3,(H,14,18)(H,19,20). The highest BCUT2D eigenvalue weighted by atomic mass is 32.2. The molecule has 0 spiro atoms. The maximum atomic E-state index is 11.0. The monoisotopic (exact) mass is 306 g/mol. The third-order valence-corrected chi connectivity index (χ3v) is 3.63. The van der Waals surface area contributed by atoms with Gasteiger partial charge in [-0.05, 0) is 24.3 Å². The number of thioether (sulfide) groups is 1. The van der Waals surface area contributed by atoms with Crippen molar-refractivity contribution < 1.29 is 14.7 Å². The zero-order valence-corrected chi connectivity index (χ0v) is 12.3. The highest BCUT2D eigenvalue weighted by Gasteiger charge is 2.12. The number of carboxylic acid groups (broad SMARTS) is 1. The Morgan fingerprint density at radius 2 is 1.95 bits per heavy atom. The molecule has 2 rings (SSSR count). The highest BCUT2D eigenvalue weighted by molar-refractivity contribution is 7.99. The van der Waals surface area contributed by atoms with Gasteiger partial charge in [0.2, 0.25) is 5.91 Å². The number of nitrogens with zero attached hydrogens (tertiary/aromatic N) is 3. The Hall–Kier alpha value is -2.35. The van der Waals surface area contributed by atoms with E-state index in [-0.39, 0.29) is 11.7 Å². The van der Waals surface area contributed by atoms with E-state index in [0.717, 1.165) is 17.3 Å². The molecule has 1 aromatic heterocycles. The predicted octanol–water partition coefficient (Wildman–Crippen LogP) is 1.62. The van der Waals surface area contributed by atoms with Crippen LogP contribution in [-0.4, -0.2) is 37.5 Å². The molecule has 0 unspecified atom stereocenters. The molecule has 0 saturated carbocycles. The number of rotatable bonds is 5. The summed E-state index contributed by atoms with van der Waals surface area (Å²) >= 11 is 1.12. The minimum atomic E-state index is -0.899. The molecule has 2 N–H and O–H groups in total. The van der Waals surface area contributed by atoms with Crippen molar-refractivity contribution in [3.05, 3.63) is 24.3 Å². The summed E-state index contributed by atoms with van der Waals surface area (Å²) in [5.41, 5.74) is 1.54. The number of benzene rings is 1. The summed E-state index contributed by atoms with van der Waals surface area (Å²) in [7, 11) is 1.78. The molecule has 0 aliphatic rings. The lowest BCUT2D eigenvalue weighted by atomic mass is 10.2. The van der Waals surface area contributed by atoms with E-state index < -0.39 is 5.97 Å². The van der Waals surface area contributed by atoms with Crippen LogP contribution in [0.2, 0.25) is 0 Å². The van der Waals surface area contributed by atoms with Crippen molar-refractivity contribution >= 4 is 29.3 Å². The molecule has 110 valence electrons. The van der Waals surface area contributed by atoms with Gasteiger partial charge in [-0.3, -0.25) is 9.59 Å². The Balaban J connectivity index is 2.18. The number of hydrogen-bond donors (Lipinski definition) is 2. The summed E-state index contributed by atoms with van der Waals surface area (Å²) < 4.78 is 1.74. The molecule has 0 atom stereocenters. The number of anilines is 1. The number of carbonyl (C=O) groups is 2. The van der Waals surface area contributed by atoms with Gasteiger partial charge in [-0.15, -0.1) is 10.2 Å². The third kappa shape index (κ3) is 3.82. The average molecular weight is 306 g/mol. The Bertz CT molecular complexity index is 667. The zero-order valence-electron chi connectivity index (χ0n) is 11.5. The lowest BCUT2D eigenvalue weighted by molar-refractivity contribution is -0.133. The molecular weight excluding hydrogens is 292 g/mol. The molecule has 0 aliphatic heterocycles. The summed E-state index contributed by atoms with van der Waals surface area (Å²) in [6.45, 7) is 1.45. The molecule has 1 heterocycles. The first-order valence-electron chi connectivity index (χ1n) is 6.09. The van der Waals surface area contributed by atoms with Crippen molar-refractivity contribution in [1.29, 1.82) is 0 Å². The van der Waals surface area contributed by atoms with Crippen molar-refractivity contribution in [2.45, 2.75) is 12.1 Å². The topological polar surface area (TPSA) is 97.1 Å². The van der Waals surface area contributed by atoms with Gasteiger partial charge in [-0.25, -0.2) is 0 Å². The maximum Gasteiger partial charge on any atom is 0.313 e. The first kappa shape index (κ1) is 15.0. The van der Waals surface area contributed by atoms with Crippen molar-refractivity contribution in [3.63, 3.8) is 0 Å². The average Bonchev–Trinajstić information content (AvgIpc) is 2.78. The summed E-state index contributed by atoms with van der Waals surface area (Å²) in [5, 5.41) is 19.9. The fourth-order valence-electron chi connectivity index (χ4n) is 1.72. The fraction of sp³-hybridized carbons (Fsp3) is 0.231. The van der Waals surface area contributed by atoms with Crippen LogP contribution in [0.5, 0.6) is 0 Å². The normalized spacial score (nSPS) is 10.4. The smallest absolute Gasteiger partial charge is 0.313 e. The van der Waals surface area contributed by atoms with Crippen molar-refractivity contribution in [2.75, 3.05) is 11.1 Å². The van der Waals surface area contributed by atoms with Crippen molar-refractivity contribution in [2.24, 2.45) is 7.05 Å². The predicted molar refractivity (Wildman–Crippen MR) is 79.1 cm³/mol. The molecule has 7 nitrogen and oxygen atoms in total. The Labute approximate surface area is 125 Å². The van der Waals surface area contributed by atoms with Crippen LogP contribution >= 0.6 is 11.8 Å². The number of hydrogen-bond acceptors (Lipinski definition) is 5. The minimum absolute atomic E-state index is 0.0621. The van der Waals surface area contributed by atoms with E-state index in [2.05, 4.69) is 15.5 Å². The Kier molecular flexibility index (Phi) is 4.59. The van der Waals surface area contributed by atoms with Gasteiger partial charge in [0, 0.05) is 25.2 Å². The molecule has 8 heteroatoms. The van der Waals surface area contributed by atoms with Crippen molar-refractivity contribution in [3.8, 4) is 11.4 Å². The number of aliphatic carboxylic acids is 1. The van der Waals surface area contributed by atoms with Gasteiger partial charge in [0.05, 0.1) is 5.75 Å². The number of amides is 1. The number of nitrogens with one attached hydrogen (secondary N) is 1. The van der Waals surface area contributed by atoms with Crippen LogP contribution in [0.25, 0.3) is 11.4 Å². The molecule has 1 amide bonds. The van der Waals surface area contributed by atoms with Gasteiger partial charge >= 0.3 is 5.97 Å². The molecule has 21 heavy (non-hydrogen) atoms. The Morgan fingerprint density at radius 3 is 2.52 bits per heavy atom. The van der Waals surface area contributed by atoms with E-state index >= 15 is 0 Å². The molecule has 0 saturated heterocycles. The van der Waals surface area contributed by atoms with E-state index in [0.29, 0.717) is 16.7 Å². The van der Waals surface area contributed by atoms with Crippen LogP contribution in [0.1, 0.15) is 6.92 Å². The quantitative estimate of drug-likeness (QED) is 0.815. The summed E-state index contributed by atoms with van der Waals surface area (Å²) in [5.74, 6) is -0.455. The first-order chi connectivity index (χ1) is 9.97. The van der Waals surface area contributed by atoms with E-state index in [1.807, 2.05) is 12.1 Å². The van der Waals surface area contributed by atoms with Crippen LogP contribution in [0, 0.1) is 0 Å². The lowest BCUT2D eigenvalue weighted by Gasteiger charge is -2.05. The zero-order chi connectivity index (χ0) is 15.4. The minimum Gasteiger partial charge on any atom is -0.481 e.